The van der Waals surface area contributed by atoms with E-state index in [2.05, 4.69) is 10.0 Å². The second kappa shape index (κ2) is 10.5. The van der Waals surface area contributed by atoms with Gasteiger partial charge in [0.2, 0.25) is 0 Å². The van der Waals surface area contributed by atoms with Crippen molar-refractivity contribution in [1.29, 1.82) is 0 Å². The van der Waals surface area contributed by atoms with E-state index in [0.717, 1.165) is 5.56 Å². The normalized spacial score (nSPS) is 12.0. The van der Waals surface area contributed by atoms with E-state index in [9.17, 15) is 17.6 Å². The molecule has 0 aliphatic rings. The molecule has 0 radical (unpaired) electrons. The van der Waals surface area contributed by atoms with Crippen LogP contribution in [-0.4, -0.2) is 28.0 Å². The fourth-order valence-corrected chi connectivity index (χ4v) is 4.28. The van der Waals surface area contributed by atoms with Gasteiger partial charge in [0, 0.05) is 5.69 Å². The topological polar surface area (TPSA) is 93.7 Å². The van der Waals surface area contributed by atoms with Crippen LogP contribution >= 0.6 is 11.6 Å². The van der Waals surface area contributed by atoms with Crippen molar-refractivity contribution in [2.75, 3.05) is 18.4 Å². The van der Waals surface area contributed by atoms with Crippen molar-refractivity contribution in [3.63, 3.8) is 0 Å². The van der Waals surface area contributed by atoms with E-state index >= 15 is 0 Å². The molecule has 0 aliphatic carbocycles. The minimum absolute atomic E-state index is 0.0342. The van der Waals surface area contributed by atoms with Crippen LogP contribution in [0.3, 0.4) is 0 Å². The van der Waals surface area contributed by atoms with Gasteiger partial charge in [-0.15, -0.1) is 0 Å². The number of hydrogen-bond acceptors (Lipinski definition) is 5. The number of hydrogen-bond donors (Lipinski definition) is 2. The summed E-state index contributed by atoms with van der Waals surface area (Å²) in [6.07, 6.45) is 0. The molecule has 0 unspecified atom stereocenters. The molecule has 0 heterocycles. The Morgan fingerprint density at radius 2 is 1.73 bits per heavy atom. The van der Waals surface area contributed by atoms with Gasteiger partial charge in [0.25, 0.3) is 15.9 Å². The van der Waals surface area contributed by atoms with Crippen molar-refractivity contribution in [2.24, 2.45) is 0 Å². The lowest BCUT2D eigenvalue weighted by molar-refractivity contribution is -0.123. The predicted molar refractivity (Wildman–Crippen MR) is 124 cm³/mol. The highest BCUT2D eigenvalue weighted by Crippen LogP contribution is 2.28. The fraction of sp³-hybridized carbons (Fsp3) is 0.174. The van der Waals surface area contributed by atoms with E-state index in [1.165, 1.54) is 37.4 Å². The van der Waals surface area contributed by atoms with Gasteiger partial charge >= 0.3 is 0 Å². The van der Waals surface area contributed by atoms with Crippen LogP contribution in [0.2, 0.25) is 5.02 Å². The maximum absolute atomic E-state index is 13.0. The van der Waals surface area contributed by atoms with Gasteiger partial charge in [-0.25, -0.2) is 12.8 Å². The van der Waals surface area contributed by atoms with Gasteiger partial charge in [0.05, 0.1) is 23.1 Å². The molecule has 0 fully saturated rings. The van der Waals surface area contributed by atoms with E-state index in [4.69, 9.17) is 21.1 Å². The highest BCUT2D eigenvalue weighted by atomic mass is 35.5. The van der Waals surface area contributed by atoms with Crippen molar-refractivity contribution in [2.45, 2.75) is 17.9 Å². The van der Waals surface area contributed by atoms with Gasteiger partial charge in [-0.2, -0.15) is 0 Å². The molecule has 2 N–H and O–H groups in total. The molecular formula is C23H22ClFN2O5S. The zero-order valence-electron chi connectivity index (χ0n) is 17.8. The van der Waals surface area contributed by atoms with Crippen LogP contribution in [-0.2, 0) is 14.8 Å². The zero-order valence-corrected chi connectivity index (χ0v) is 19.4. The average Bonchev–Trinajstić information content (AvgIpc) is 2.79. The first kappa shape index (κ1) is 24.3. The molecule has 174 valence electrons. The van der Waals surface area contributed by atoms with Crippen LogP contribution in [0.1, 0.15) is 18.5 Å². The first-order chi connectivity index (χ1) is 15.7. The summed E-state index contributed by atoms with van der Waals surface area (Å²) in [6.45, 7) is 1.43. The lowest BCUT2D eigenvalue weighted by Crippen LogP contribution is -2.31. The minimum atomic E-state index is -3.89. The lowest BCUT2D eigenvalue weighted by atomic mass is 10.1. The summed E-state index contributed by atoms with van der Waals surface area (Å²) in [5, 5.41) is 2.77. The molecule has 10 heteroatoms. The summed E-state index contributed by atoms with van der Waals surface area (Å²) in [6, 6.07) is 15.8. The summed E-state index contributed by atoms with van der Waals surface area (Å²) < 4.78 is 51.2. The molecule has 1 amide bonds. The van der Waals surface area contributed by atoms with Crippen molar-refractivity contribution < 1.29 is 27.1 Å². The number of ether oxygens (including phenoxy) is 2. The third kappa shape index (κ3) is 6.59. The third-order valence-corrected chi connectivity index (χ3v) is 6.34. The van der Waals surface area contributed by atoms with Gasteiger partial charge in [-0.1, -0.05) is 23.7 Å². The molecule has 3 aromatic carbocycles. The van der Waals surface area contributed by atoms with Gasteiger partial charge in [-0.3, -0.25) is 9.52 Å². The monoisotopic (exact) mass is 492 g/mol. The number of carbonyl (C=O) groups excluding carboxylic acids is 1. The average molecular weight is 493 g/mol. The van der Waals surface area contributed by atoms with E-state index in [1.807, 2.05) is 0 Å². The molecule has 7 nitrogen and oxygen atoms in total. The highest BCUT2D eigenvalue weighted by molar-refractivity contribution is 7.92. The summed E-state index contributed by atoms with van der Waals surface area (Å²) >= 11 is 6.18. The van der Waals surface area contributed by atoms with Gasteiger partial charge in [-0.05, 0) is 67.1 Å². The van der Waals surface area contributed by atoms with Crippen LogP contribution in [0.25, 0.3) is 0 Å². The van der Waals surface area contributed by atoms with E-state index in [1.54, 1.807) is 43.3 Å². The number of halogens is 2. The van der Waals surface area contributed by atoms with Crippen molar-refractivity contribution >= 4 is 33.2 Å². The number of benzene rings is 3. The Kier molecular flexibility index (Phi) is 7.78. The SMILES string of the molecule is COc1ccc(NS(=O)(=O)c2ccc(OCC(=O)N[C@H](C)c3ccc(F)cc3)c(Cl)c2)cc1. The van der Waals surface area contributed by atoms with Crippen LogP contribution in [0, 0.1) is 5.82 Å². The maximum Gasteiger partial charge on any atom is 0.261 e. The van der Waals surface area contributed by atoms with Gasteiger partial charge < -0.3 is 14.8 Å². The van der Waals surface area contributed by atoms with Crippen molar-refractivity contribution in [3.8, 4) is 11.5 Å². The predicted octanol–water partition coefficient (Wildman–Crippen LogP) is 4.54. The zero-order chi connectivity index (χ0) is 24.0. The molecule has 0 saturated carbocycles. The van der Waals surface area contributed by atoms with E-state index in [0.29, 0.717) is 11.4 Å². The first-order valence-electron chi connectivity index (χ1n) is 9.82. The quantitative estimate of drug-likeness (QED) is 0.457. The molecule has 3 rings (SSSR count). The maximum atomic E-state index is 13.0. The Morgan fingerprint density at radius 3 is 2.33 bits per heavy atom. The minimum Gasteiger partial charge on any atom is -0.497 e. The lowest BCUT2D eigenvalue weighted by Gasteiger charge is -2.15. The smallest absolute Gasteiger partial charge is 0.261 e. The van der Waals surface area contributed by atoms with Gasteiger partial charge in [0.15, 0.2) is 6.61 Å². The highest BCUT2D eigenvalue weighted by Gasteiger charge is 2.17. The molecule has 0 bridgehead atoms. The molecule has 33 heavy (non-hydrogen) atoms. The second-order valence-electron chi connectivity index (χ2n) is 7.06. The Morgan fingerprint density at radius 1 is 1.06 bits per heavy atom. The Balaban J connectivity index is 1.60. The van der Waals surface area contributed by atoms with Gasteiger partial charge in [0.1, 0.15) is 17.3 Å². The molecule has 1 atom stereocenters. The van der Waals surface area contributed by atoms with E-state index in [-0.39, 0.29) is 34.1 Å². The number of rotatable bonds is 9. The van der Waals surface area contributed by atoms with Crippen LogP contribution in [0.5, 0.6) is 11.5 Å². The summed E-state index contributed by atoms with van der Waals surface area (Å²) in [5.41, 5.74) is 1.10. The molecular weight excluding hydrogens is 471 g/mol. The summed E-state index contributed by atoms with van der Waals surface area (Å²) in [5.74, 6) is -0.0242. The molecule has 0 saturated heterocycles. The third-order valence-electron chi connectivity index (χ3n) is 4.66. The number of sulfonamides is 1. The van der Waals surface area contributed by atoms with Crippen molar-refractivity contribution in [1.82, 2.24) is 5.32 Å². The molecule has 0 aromatic heterocycles. The standard InChI is InChI=1S/C23H22ClFN2O5S/c1-15(16-3-5-17(25)6-4-16)26-23(28)14-32-22-12-11-20(13-21(22)24)33(29,30)27-18-7-9-19(31-2)10-8-18/h3-13,15,27H,14H2,1-2H3,(H,26,28)/t15-/m1/s1. The molecule has 3 aromatic rings. The number of methoxy groups -OCH3 is 1. The Labute approximate surface area is 196 Å². The number of carbonyl (C=O) groups is 1. The Hall–Kier alpha value is -3.30. The van der Waals surface area contributed by atoms with E-state index < -0.39 is 15.9 Å². The van der Waals surface area contributed by atoms with Crippen LogP contribution < -0.4 is 19.5 Å². The van der Waals surface area contributed by atoms with Crippen molar-refractivity contribution in [3.05, 3.63) is 83.1 Å². The van der Waals surface area contributed by atoms with Crippen LogP contribution in [0.4, 0.5) is 10.1 Å². The fourth-order valence-electron chi connectivity index (χ4n) is 2.90. The number of nitrogens with one attached hydrogen (secondary N) is 2. The second-order valence-corrected chi connectivity index (χ2v) is 9.15. The van der Waals surface area contributed by atoms with Crippen LogP contribution in [0.15, 0.2) is 71.6 Å². The molecule has 0 spiro atoms. The summed E-state index contributed by atoms with van der Waals surface area (Å²) in [7, 11) is -2.38. The largest absolute Gasteiger partial charge is 0.497 e. The molecule has 0 aliphatic heterocycles. The number of anilines is 1. The first-order valence-corrected chi connectivity index (χ1v) is 11.7. The number of amides is 1. The summed E-state index contributed by atoms with van der Waals surface area (Å²) in [4.78, 5) is 12.1. The Bertz CT molecular complexity index is 1220.